The topological polar surface area (TPSA) is 107 Å². The summed E-state index contributed by atoms with van der Waals surface area (Å²) in [4.78, 5) is 20.2. The van der Waals surface area contributed by atoms with E-state index in [-0.39, 0.29) is 18.1 Å². The number of carboxylic acid groups (broad SMARTS) is 1. The lowest BCUT2D eigenvalue weighted by atomic mass is 10.0. The Morgan fingerprint density at radius 3 is 2.86 bits per heavy atom. The SMILES string of the molecule is Cc1ncnc(Nc2n[nH]c3c2CN(C(=O)O)C3(C)C)c1F. The molecular weight excluding hydrogens is 291 g/mol. The highest BCUT2D eigenvalue weighted by molar-refractivity contribution is 5.70. The summed E-state index contributed by atoms with van der Waals surface area (Å²) in [5.74, 6) is -0.191. The number of nitrogens with one attached hydrogen (secondary N) is 2. The zero-order valence-electron chi connectivity index (χ0n) is 12.3. The van der Waals surface area contributed by atoms with Crippen molar-refractivity contribution in [1.29, 1.82) is 0 Å². The molecule has 3 rings (SSSR count). The smallest absolute Gasteiger partial charge is 0.408 e. The molecule has 0 fully saturated rings. The fraction of sp³-hybridized carbons (Fsp3) is 0.385. The van der Waals surface area contributed by atoms with E-state index in [0.717, 1.165) is 0 Å². The summed E-state index contributed by atoms with van der Waals surface area (Å²) >= 11 is 0. The summed E-state index contributed by atoms with van der Waals surface area (Å²) in [6.07, 6.45) is 0.228. The Morgan fingerprint density at radius 2 is 2.18 bits per heavy atom. The quantitative estimate of drug-likeness (QED) is 0.784. The third-order valence-corrected chi connectivity index (χ3v) is 3.90. The van der Waals surface area contributed by atoms with Gasteiger partial charge in [0, 0.05) is 5.56 Å². The molecule has 0 unspecified atom stereocenters. The van der Waals surface area contributed by atoms with Crippen molar-refractivity contribution < 1.29 is 14.3 Å². The van der Waals surface area contributed by atoms with Crippen LogP contribution in [0, 0.1) is 12.7 Å². The minimum Gasteiger partial charge on any atom is -0.465 e. The molecule has 1 amide bonds. The van der Waals surface area contributed by atoms with Crippen LogP contribution in [-0.2, 0) is 12.1 Å². The van der Waals surface area contributed by atoms with Crippen LogP contribution in [-0.4, -0.2) is 36.3 Å². The van der Waals surface area contributed by atoms with Crippen molar-refractivity contribution in [2.45, 2.75) is 32.9 Å². The lowest BCUT2D eigenvalue weighted by Gasteiger charge is -2.28. The van der Waals surface area contributed by atoms with Gasteiger partial charge in [-0.2, -0.15) is 5.10 Å². The number of H-pyrrole nitrogens is 1. The van der Waals surface area contributed by atoms with Gasteiger partial charge in [0.1, 0.15) is 6.33 Å². The van der Waals surface area contributed by atoms with Gasteiger partial charge in [-0.3, -0.25) is 10.00 Å². The number of aromatic nitrogens is 4. The molecule has 3 N–H and O–H groups in total. The van der Waals surface area contributed by atoms with Crippen molar-refractivity contribution in [3.8, 4) is 0 Å². The van der Waals surface area contributed by atoms with E-state index in [1.54, 1.807) is 13.8 Å². The number of hydrogen-bond acceptors (Lipinski definition) is 5. The monoisotopic (exact) mass is 306 g/mol. The minimum absolute atomic E-state index is 0.00776. The fourth-order valence-corrected chi connectivity index (χ4v) is 2.58. The highest BCUT2D eigenvalue weighted by Gasteiger charge is 2.43. The Balaban J connectivity index is 1.97. The van der Waals surface area contributed by atoms with Crippen LogP contribution in [0.1, 0.15) is 30.8 Å². The third kappa shape index (κ3) is 1.97. The molecule has 116 valence electrons. The van der Waals surface area contributed by atoms with Crippen molar-refractivity contribution in [2.24, 2.45) is 0 Å². The number of amides is 1. The van der Waals surface area contributed by atoms with Crippen molar-refractivity contribution in [3.63, 3.8) is 0 Å². The van der Waals surface area contributed by atoms with E-state index in [2.05, 4.69) is 25.5 Å². The summed E-state index contributed by atoms with van der Waals surface area (Å²) in [5, 5.41) is 19.0. The molecule has 3 heterocycles. The molecule has 2 aromatic heterocycles. The maximum absolute atomic E-state index is 14.0. The molecule has 0 radical (unpaired) electrons. The highest BCUT2D eigenvalue weighted by Crippen LogP contribution is 2.40. The average molecular weight is 306 g/mol. The molecule has 9 heteroatoms. The standard InChI is InChI=1S/C13H15FN6O2/c1-6-8(14)11(16-5-15-6)17-10-7-4-20(12(21)22)13(2,3)9(7)18-19-10/h5H,4H2,1-3H3,(H,21,22)(H2,15,16,17,18,19). The minimum atomic E-state index is -1.02. The Morgan fingerprint density at radius 1 is 1.45 bits per heavy atom. The van der Waals surface area contributed by atoms with Crippen molar-refractivity contribution >= 4 is 17.7 Å². The number of rotatable bonds is 2. The van der Waals surface area contributed by atoms with Crippen LogP contribution < -0.4 is 5.32 Å². The molecule has 0 saturated carbocycles. The number of carbonyl (C=O) groups is 1. The lowest BCUT2D eigenvalue weighted by molar-refractivity contribution is 0.0978. The van der Waals surface area contributed by atoms with Crippen LogP contribution in [0.2, 0.25) is 0 Å². The Hall–Kier alpha value is -2.71. The second kappa shape index (κ2) is 4.65. The lowest BCUT2D eigenvalue weighted by Crippen LogP contribution is -2.39. The van der Waals surface area contributed by atoms with Crippen LogP contribution in [0.25, 0.3) is 0 Å². The Bertz CT molecular complexity index is 757. The first-order valence-corrected chi connectivity index (χ1v) is 6.64. The first-order chi connectivity index (χ1) is 10.3. The maximum Gasteiger partial charge on any atom is 0.408 e. The molecule has 0 aromatic carbocycles. The van der Waals surface area contributed by atoms with E-state index >= 15 is 0 Å². The summed E-state index contributed by atoms with van der Waals surface area (Å²) in [5.41, 5.74) is 0.859. The van der Waals surface area contributed by atoms with Gasteiger partial charge in [0.25, 0.3) is 0 Å². The Kier molecular flexibility index (Phi) is 3.01. The summed E-state index contributed by atoms with van der Waals surface area (Å²) < 4.78 is 14.0. The predicted octanol–water partition coefficient (Wildman–Crippen LogP) is 2.12. The van der Waals surface area contributed by atoms with Crippen molar-refractivity contribution in [3.05, 3.63) is 29.1 Å². The van der Waals surface area contributed by atoms with Crippen LogP contribution in [0.15, 0.2) is 6.33 Å². The van der Waals surface area contributed by atoms with Gasteiger partial charge in [0.15, 0.2) is 17.5 Å². The molecule has 8 nitrogen and oxygen atoms in total. The second-order valence-electron chi connectivity index (χ2n) is 5.60. The molecular formula is C13H15FN6O2. The van der Waals surface area contributed by atoms with Gasteiger partial charge in [-0.15, -0.1) is 0 Å². The largest absolute Gasteiger partial charge is 0.465 e. The molecule has 0 spiro atoms. The van der Waals surface area contributed by atoms with Gasteiger partial charge in [0.05, 0.1) is 23.5 Å². The van der Waals surface area contributed by atoms with Gasteiger partial charge in [-0.25, -0.2) is 19.2 Å². The number of fused-ring (bicyclic) bond motifs is 1. The van der Waals surface area contributed by atoms with Crippen molar-refractivity contribution in [2.75, 3.05) is 5.32 Å². The average Bonchev–Trinajstić information content (AvgIpc) is 2.95. The van der Waals surface area contributed by atoms with Crippen molar-refractivity contribution in [1.82, 2.24) is 25.1 Å². The van der Waals surface area contributed by atoms with Gasteiger partial charge in [0.2, 0.25) is 0 Å². The number of aryl methyl sites for hydroxylation is 1. The number of anilines is 2. The zero-order chi connectivity index (χ0) is 16.1. The van der Waals surface area contributed by atoms with Crippen LogP contribution in [0.5, 0.6) is 0 Å². The van der Waals surface area contributed by atoms with E-state index < -0.39 is 17.4 Å². The summed E-state index contributed by atoms with van der Waals surface area (Å²) in [6.45, 7) is 5.27. The first kappa shape index (κ1) is 14.2. The Labute approximate surface area is 125 Å². The molecule has 1 aliphatic heterocycles. The van der Waals surface area contributed by atoms with E-state index in [9.17, 15) is 14.3 Å². The molecule has 0 aliphatic carbocycles. The first-order valence-electron chi connectivity index (χ1n) is 6.64. The predicted molar refractivity (Wildman–Crippen MR) is 75.2 cm³/mol. The number of halogens is 1. The van der Waals surface area contributed by atoms with Gasteiger partial charge in [-0.05, 0) is 20.8 Å². The van der Waals surface area contributed by atoms with E-state index in [1.807, 2.05) is 0 Å². The zero-order valence-corrected chi connectivity index (χ0v) is 12.3. The molecule has 1 aliphatic rings. The van der Waals surface area contributed by atoms with Crippen LogP contribution >= 0.6 is 0 Å². The molecule has 0 saturated heterocycles. The highest BCUT2D eigenvalue weighted by atomic mass is 19.1. The number of aromatic amines is 1. The fourth-order valence-electron chi connectivity index (χ4n) is 2.58. The van der Waals surface area contributed by atoms with Gasteiger partial charge < -0.3 is 10.4 Å². The van der Waals surface area contributed by atoms with Gasteiger partial charge in [-0.1, -0.05) is 0 Å². The molecule has 2 aromatic rings. The summed E-state index contributed by atoms with van der Waals surface area (Å²) in [6, 6.07) is 0. The third-order valence-electron chi connectivity index (χ3n) is 3.90. The van der Waals surface area contributed by atoms with Gasteiger partial charge >= 0.3 is 6.09 Å². The van der Waals surface area contributed by atoms with Crippen LogP contribution in [0.4, 0.5) is 20.8 Å². The second-order valence-corrected chi connectivity index (χ2v) is 5.60. The normalized spacial score (nSPS) is 15.7. The number of nitrogens with zero attached hydrogens (tertiary/aromatic N) is 4. The maximum atomic E-state index is 14.0. The summed E-state index contributed by atoms with van der Waals surface area (Å²) in [7, 11) is 0. The molecule has 0 bridgehead atoms. The van der Waals surface area contributed by atoms with E-state index in [0.29, 0.717) is 17.1 Å². The van der Waals surface area contributed by atoms with E-state index in [4.69, 9.17) is 0 Å². The van der Waals surface area contributed by atoms with Crippen LogP contribution in [0.3, 0.4) is 0 Å². The molecule has 0 atom stereocenters. The molecule has 22 heavy (non-hydrogen) atoms. The number of hydrogen-bond donors (Lipinski definition) is 3. The van der Waals surface area contributed by atoms with E-state index in [1.165, 1.54) is 18.2 Å².